The van der Waals surface area contributed by atoms with Crippen molar-refractivity contribution in [3.8, 4) is 0 Å². The summed E-state index contributed by atoms with van der Waals surface area (Å²) in [7, 11) is -2.87. The molecule has 0 aliphatic carbocycles. The van der Waals surface area contributed by atoms with Crippen LogP contribution in [0.1, 0.15) is 24.0 Å². The third-order valence-electron chi connectivity index (χ3n) is 2.27. The van der Waals surface area contributed by atoms with Crippen LogP contribution in [0.3, 0.4) is 0 Å². The van der Waals surface area contributed by atoms with Crippen molar-refractivity contribution in [2.75, 3.05) is 11.5 Å². The fourth-order valence-electron chi connectivity index (χ4n) is 1.55. The summed E-state index contributed by atoms with van der Waals surface area (Å²) >= 11 is 5.55. The van der Waals surface area contributed by atoms with Gasteiger partial charge in [-0.2, -0.15) is 5.10 Å². The molecule has 1 aromatic heterocycles. The van der Waals surface area contributed by atoms with E-state index in [0.29, 0.717) is 18.1 Å². The van der Waals surface area contributed by atoms with Crippen molar-refractivity contribution in [3.05, 3.63) is 11.6 Å². The van der Waals surface area contributed by atoms with Gasteiger partial charge in [0.1, 0.15) is 5.82 Å². The number of alkyl halides is 1. The lowest BCUT2D eigenvalue weighted by Crippen LogP contribution is -2.05. The average Bonchev–Trinajstić information content (AvgIpc) is 2.70. The van der Waals surface area contributed by atoms with E-state index >= 15 is 0 Å². The van der Waals surface area contributed by atoms with Gasteiger partial charge in [0, 0.05) is 5.92 Å². The standard InChI is InChI=1S/C7H10ClN3O2S/c8-3-6-9-7(11-10-6)5-1-2-14(12,13)4-5/h5H,1-4H2,(H,9,10,11). The minimum atomic E-state index is -2.87. The molecule has 1 atom stereocenters. The van der Waals surface area contributed by atoms with Crippen LogP contribution in [-0.4, -0.2) is 35.1 Å². The second kappa shape index (κ2) is 3.51. The third-order valence-corrected chi connectivity index (χ3v) is 4.29. The Kier molecular flexibility index (Phi) is 2.48. The van der Waals surface area contributed by atoms with E-state index < -0.39 is 9.84 Å². The Bertz CT molecular complexity index is 428. The summed E-state index contributed by atoms with van der Waals surface area (Å²) in [5.74, 6) is 1.77. The average molecular weight is 236 g/mol. The van der Waals surface area contributed by atoms with Crippen molar-refractivity contribution < 1.29 is 8.42 Å². The maximum Gasteiger partial charge on any atom is 0.154 e. The van der Waals surface area contributed by atoms with Crippen LogP contribution in [-0.2, 0) is 15.7 Å². The van der Waals surface area contributed by atoms with E-state index in [0.717, 1.165) is 0 Å². The van der Waals surface area contributed by atoms with E-state index in [9.17, 15) is 8.42 Å². The van der Waals surface area contributed by atoms with E-state index in [1.807, 2.05) is 0 Å². The molecule has 0 bridgehead atoms. The molecular formula is C7H10ClN3O2S. The first-order chi connectivity index (χ1) is 6.61. The van der Waals surface area contributed by atoms with Crippen molar-refractivity contribution in [1.82, 2.24) is 15.2 Å². The third kappa shape index (κ3) is 1.90. The predicted molar refractivity (Wildman–Crippen MR) is 52.0 cm³/mol. The molecule has 1 N–H and O–H groups in total. The highest BCUT2D eigenvalue weighted by Crippen LogP contribution is 2.26. The molecule has 0 saturated carbocycles. The Morgan fingerprint density at radius 3 is 2.86 bits per heavy atom. The number of nitrogens with zero attached hydrogens (tertiary/aromatic N) is 2. The van der Waals surface area contributed by atoms with E-state index in [-0.39, 0.29) is 23.3 Å². The fourth-order valence-corrected chi connectivity index (χ4v) is 3.41. The molecule has 1 unspecified atom stereocenters. The Balaban J connectivity index is 2.17. The predicted octanol–water partition coefficient (Wildman–Crippen LogP) is 0.446. The molecule has 1 aliphatic heterocycles. The van der Waals surface area contributed by atoms with Gasteiger partial charge in [-0.3, -0.25) is 5.10 Å². The Labute approximate surface area is 86.8 Å². The highest BCUT2D eigenvalue weighted by Gasteiger charge is 2.31. The lowest BCUT2D eigenvalue weighted by atomic mass is 10.1. The van der Waals surface area contributed by atoms with Gasteiger partial charge in [0.15, 0.2) is 15.7 Å². The van der Waals surface area contributed by atoms with Crippen molar-refractivity contribution >= 4 is 21.4 Å². The molecule has 5 nitrogen and oxygen atoms in total. The van der Waals surface area contributed by atoms with E-state index in [1.165, 1.54) is 0 Å². The molecule has 2 heterocycles. The molecule has 0 aromatic carbocycles. The molecule has 0 radical (unpaired) electrons. The molecular weight excluding hydrogens is 226 g/mol. The number of halogens is 1. The monoisotopic (exact) mass is 235 g/mol. The summed E-state index contributed by atoms with van der Waals surface area (Å²) in [6, 6.07) is 0. The summed E-state index contributed by atoms with van der Waals surface area (Å²) < 4.78 is 22.4. The molecule has 1 fully saturated rings. The Morgan fingerprint density at radius 1 is 1.57 bits per heavy atom. The molecule has 0 amide bonds. The summed E-state index contributed by atoms with van der Waals surface area (Å²) in [5.41, 5.74) is 0. The van der Waals surface area contributed by atoms with Gasteiger partial charge < -0.3 is 0 Å². The van der Waals surface area contributed by atoms with Gasteiger partial charge in [0.2, 0.25) is 0 Å². The molecule has 1 aromatic rings. The molecule has 1 aliphatic rings. The minimum absolute atomic E-state index is 0.0618. The second-order valence-corrected chi connectivity index (χ2v) is 5.87. The first-order valence-corrected chi connectivity index (χ1v) is 6.64. The molecule has 14 heavy (non-hydrogen) atoms. The number of aromatic amines is 1. The van der Waals surface area contributed by atoms with Crippen molar-refractivity contribution in [2.45, 2.75) is 18.2 Å². The highest BCUT2D eigenvalue weighted by atomic mass is 35.5. The topological polar surface area (TPSA) is 75.7 Å². The van der Waals surface area contributed by atoms with Gasteiger partial charge in [-0.15, -0.1) is 11.6 Å². The van der Waals surface area contributed by atoms with Crippen LogP contribution in [0.4, 0.5) is 0 Å². The van der Waals surface area contributed by atoms with Crippen molar-refractivity contribution in [1.29, 1.82) is 0 Å². The number of rotatable bonds is 2. The lowest BCUT2D eigenvalue weighted by Gasteiger charge is -1.98. The van der Waals surface area contributed by atoms with Crippen LogP contribution in [0.15, 0.2) is 0 Å². The second-order valence-electron chi connectivity index (χ2n) is 3.37. The van der Waals surface area contributed by atoms with Gasteiger partial charge in [-0.25, -0.2) is 13.4 Å². The number of nitrogens with one attached hydrogen (secondary N) is 1. The summed E-state index contributed by atoms with van der Waals surface area (Å²) in [6.45, 7) is 0. The number of hydrogen-bond donors (Lipinski definition) is 1. The van der Waals surface area contributed by atoms with Crippen LogP contribution in [0.25, 0.3) is 0 Å². The van der Waals surface area contributed by atoms with Gasteiger partial charge in [-0.05, 0) is 6.42 Å². The normalized spacial score (nSPS) is 25.4. The summed E-state index contributed by atoms with van der Waals surface area (Å²) in [5, 5.41) is 6.62. The van der Waals surface area contributed by atoms with E-state index in [1.54, 1.807) is 0 Å². The zero-order valence-corrected chi connectivity index (χ0v) is 8.98. The quantitative estimate of drug-likeness (QED) is 0.755. The summed E-state index contributed by atoms with van der Waals surface area (Å²) in [6.07, 6.45) is 0.613. The fraction of sp³-hybridized carbons (Fsp3) is 0.714. The van der Waals surface area contributed by atoms with Gasteiger partial charge in [0.05, 0.1) is 17.4 Å². The molecule has 78 valence electrons. The lowest BCUT2D eigenvalue weighted by molar-refractivity contribution is 0.601. The maximum absolute atomic E-state index is 11.2. The van der Waals surface area contributed by atoms with Crippen LogP contribution < -0.4 is 0 Å². The Hall–Kier alpha value is -0.620. The first-order valence-electron chi connectivity index (χ1n) is 4.28. The number of hydrogen-bond acceptors (Lipinski definition) is 4. The minimum Gasteiger partial charge on any atom is -0.262 e. The number of aromatic nitrogens is 3. The van der Waals surface area contributed by atoms with Crippen LogP contribution in [0.5, 0.6) is 0 Å². The van der Waals surface area contributed by atoms with Gasteiger partial charge in [0.25, 0.3) is 0 Å². The van der Waals surface area contributed by atoms with Gasteiger partial charge >= 0.3 is 0 Å². The van der Waals surface area contributed by atoms with Crippen LogP contribution >= 0.6 is 11.6 Å². The molecule has 1 saturated heterocycles. The zero-order chi connectivity index (χ0) is 10.2. The van der Waals surface area contributed by atoms with Crippen LogP contribution in [0, 0.1) is 0 Å². The Morgan fingerprint density at radius 2 is 2.36 bits per heavy atom. The largest absolute Gasteiger partial charge is 0.262 e. The van der Waals surface area contributed by atoms with Crippen molar-refractivity contribution in [2.24, 2.45) is 0 Å². The summed E-state index contributed by atoms with van der Waals surface area (Å²) in [4.78, 5) is 4.11. The smallest absolute Gasteiger partial charge is 0.154 e. The molecule has 0 spiro atoms. The van der Waals surface area contributed by atoms with Crippen LogP contribution in [0.2, 0.25) is 0 Å². The maximum atomic E-state index is 11.2. The van der Waals surface area contributed by atoms with E-state index in [4.69, 9.17) is 11.6 Å². The van der Waals surface area contributed by atoms with Gasteiger partial charge in [-0.1, -0.05) is 0 Å². The number of H-pyrrole nitrogens is 1. The first kappa shape index (κ1) is 9.92. The SMILES string of the molecule is O=S1(=O)CCC(c2n[nH]c(CCl)n2)C1. The van der Waals surface area contributed by atoms with Crippen molar-refractivity contribution in [3.63, 3.8) is 0 Å². The zero-order valence-electron chi connectivity index (χ0n) is 7.40. The number of sulfone groups is 1. The highest BCUT2D eigenvalue weighted by molar-refractivity contribution is 7.91. The van der Waals surface area contributed by atoms with E-state index in [2.05, 4.69) is 15.2 Å². The molecule has 2 rings (SSSR count). The molecule has 7 heteroatoms.